The quantitative estimate of drug-likeness (QED) is 0.178. The van der Waals surface area contributed by atoms with E-state index in [-0.39, 0.29) is 39.5 Å². The van der Waals surface area contributed by atoms with E-state index in [1.165, 1.54) is 65.9 Å². The lowest BCUT2D eigenvalue weighted by atomic mass is 10.0. The van der Waals surface area contributed by atoms with Gasteiger partial charge in [-0.05, 0) is 67.6 Å². The van der Waals surface area contributed by atoms with Crippen molar-refractivity contribution in [1.82, 2.24) is 29.4 Å². The average molecular weight is 807 g/mol. The zero-order valence-corrected chi connectivity index (χ0v) is 32.6. The highest BCUT2D eigenvalue weighted by Crippen LogP contribution is 2.31. The van der Waals surface area contributed by atoms with E-state index in [1.807, 2.05) is 6.07 Å². The van der Waals surface area contributed by atoms with Gasteiger partial charge in [0.15, 0.2) is 0 Å². The number of carbonyl (C=O) groups excluding carboxylic acids is 2. The Labute approximate surface area is 327 Å². The molecule has 3 aromatic carbocycles. The maximum atomic E-state index is 14.1. The number of nitriles is 1. The van der Waals surface area contributed by atoms with E-state index >= 15 is 0 Å². The van der Waals surface area contributed by atoms with Crippen LogP contribution in [0.4, 0.5) is 13.2 Å². The first-order valence-electron chi connectivity index (χ1n) is 17.7. The number of alkyl halides is 3. The number of halogens is 3. The van der Waals surface area contributed by atoms with Gasteiger partial charge in [-0.2, -0.15) is 23.5 Å². The minimum absolute atomic E-state index is 0.000183. The predicted octanol–water partition coefficient (Wildman–Crippen LogP) is 4.33. The van der Waals surface area contributed by atoms with Gasteiger partial charge in [-0.3, -0.25) is 19.1 Å². The molecule has 1 aliphatic heterocycles. The first-order valence-corrected chi connectivity index (χ1v) is 19.1. The third-order valence-electron chi connectivity index (χ3n) is 9.82. The summed E-state index contributed by atoms with van der Waals surface area (Å²) in [6, 6.07) is 20.5. The molecule has 0 bridgehead atoms. The highest BCUT2D eigenvalue weighted by atomic mass is 32.2. The van der Waals surface area contributed by atoms with Crippen molar-refractivity contribution in [1.29, 1.82) is 5.26 Å². The molecule has 1 atom stereocenters. The van der Waals surface area contributed by atoms with E-state index in [0.29, 0.717) is 11.3 Å². The molecule has 5 aromatic rings. The van der Waals surface area contributed by atoms with E-state index in [0.717, 1.165) is 47.2 Å². The lowest BCUT2D eigenvalue weighted by Crippen LogP contribution is -2.55. The van der Waals surface area contributed by atoms with E-state index in [9.17, 15) is 45.8 Å². The zero-order valence-electron chi connectivity index (χ0n) is 31.8. The molecule has 6 rings (SSSR count). The molecule has 3 heterocycles. The monoisotopic (exact) mass is 806 g/mol. The third kappa shape index (κ3) is 9.51. The largest absolute Gasteiger partial charge is 0.744 e. The Hall–Kier alpha value is -6.03. The van der Waals surface area contributed by atoms with Crippen molar-refractivity contribution in [2.24, 2.45) is 7.05 Å². The maximum Gasteiger partial charge on any atom is 0.416 e. The van der Waals surface area contributed by atoms with Gasteiger partial charge in [-0.1, -0.05) is 24.3 Å². The first kappa shape index (κ1) is 42.1. The summed E-state index contributed by atoms with van der Waals surface area (Å²) < 4.78 is 76.4. The summed E-state index contributed by atoms with van der Waals surface area (Å²) in [6.07, 6.45) is -1.61. The number of likely N-dealkylation sites (N-methyl/N-ethyl adjacent to an activating group) is 1. The van der Waals surface area contributed by atoms with Crippen LogP contribution >= 0.6 is 0 Å². The number of hydrogen-bond donors (Lipinski definition) is 1. The van der Waals surface area contributed by atoms with Crippen LogP contribution in [0.2, 0.25) is 0 Å². The van der Waals surface area contributed by atoms with E-state index in [4.69, 9.17) is 0 Å². The number of quaternary nitrogens is 1. The van der Waals surface area contributed by atoms with Crippen LogP contribution in [0.5, 0.6) is 0 Å². The van der Waals surface area contributed by atoms with Crippen LogP contribution in [-0.4, -0.2) is 99.6 Å². The fraction of sp³-hybridized carbons (Fsp3) is 0.308. The van der Waals surface area contributed by atoms with E-state index < -0.39 is 39.4 Å². The molecule has 2 aromatic heterocycles. The van der Waals surface area contributed by atoms with Gasteiger partial charge in [0.05, 0.1) is 72.5 Å². The van der Waals surface area contributed by atoms with Crippen molar-refractivity contribution < 1.29 is 40.2 Å². The number of aromatic nitrogens is 4. The van der Waals surface area contributed by atoms with E-state index in [2.05, 4.69) is 24.5 Å². The highest BCUT2D eigenvalue weighted by molar-refractivity contribution is 7.85. The van der Waals surface area contributed by atoms with Crippen molar-refractivity contribution in [3.05, 3.63) is 118 Å². The molecule has 0 radical (unpaired) electrons. The van der Waals surface area contributed by atoms with Crippen LogP contribution in [0.1, 0.15) is 41.3 Å². The third-order valence-corrected chi connectivity index (χ3v) is 10.7. The number of nitrogens with one attached hydrogen (secondary N) is 1. The van der Waals surface area contributed by atoms with Crippen molar-refractivity contribution in [2.75, 3.05) is 34.2 Å². The lowest BCUT2D eigenvalue weighted by Gasteiger charge is -2.40. The summed E-state index contributed by atoms with van der Waals surface area (Å²) in [6.45, 7) is 3.34. The second kappa shape index (κ2) is 16.6. The van der Waals surface area contributed by atoms with Crippen LogP contribution in [0.25, 0.3) is 22.8 Å². The second-order valence-electron chi connectivity index (χ2n) is 14.2. The smallest absolute Gasteiger partial charge is 0.416 e. The number of benzene rings is 3. The lowest BCUT2D eigenvalue weighted by molar-refractivity contribution is -0.895. The first-order chi connectivity index (χ1) is 26.7. The molecule has 14 nitrogen and oxygen atoms in total. The van der Waals surface area contributed by atoms with Gasteiger partial charge in [-0.25, -0.2) is 17.8 Å². The summed E-state index contributed by atoms with van der Waals surface area (Å²) in [5.41, 5.74) is -1.08. The molecule has 0 spiro atoms. The van der Waals surface area contributed by atoms with Crippen LogP contribution in [0.3, 0.4) is 0 Å². The number of hydrogen-bond acceptors (Lipinski definition) is 8. The molecule has 1 N–H and O–H groups in total. The van der Waals surface area contributed by atoms with Crippen LogP contribution in [0.15, 0.2) is 101 Å². The number of amides is 2. The van der Waals surface area contributed by atoms with Crippen molar-refractivity contribution in [3.63, 3.8) is 0 Å². The number of piperidine rings is 1. The maximum absolute atomic E-state index is 14.1. The molecule has 1 fully saturated rings. The number of rotatable bonds is 8. The molecule has 2 amide bonds. The number of nitrogens with zero attached hydrogens (tertiary/aromatic N) is 7. The van der Waals surface area contributed by atoms with Gasteiger partial charge in [0, 0.05) is 33.0 Å². The van der Waals surface area contributed by atoms with Crippen molar-refractivity contribution in [2.45, 2.75) is 42.9 Å². The Kier molecular flexibility index (Phi) is 12.3. The molecule has 0 unspecified atom stereocenters. The summed E-state index contributed by atoms with van der Waals surface area (Å²) in [5.74, 6) is -1.19. The van der Waals surface area contributed by atoms with Gasteiger partial charge in [0.2, 0.25) is 5.91 Å². The molecule has 57 heavy (non-hydrogen) atoms. The SMILES string of the molecule is C[C@H](NC(=O)c1c(-c2ccnn2-c2ccc(C#N)cc2)n(C)n(-c2cccc(C(F)(F)F)c2)c1=O)C(=O)N(C)C1CC[N+](C)(C)CC1.O=S(=O)([O-])c1ccccc1. The highest BCUT2D eigenvalue weighted by Gasteiger charge is 2.35. The van der Waals surface area contributed by atoms with Gasteiger partial charge >= 0.3 is 6.18 Å². The van der Waals surface area contributed by atoms with Crippen LogP contribution in [-0.2, 0) is 28.1 Å². The molecule has 0 saturated carbocycles. The Balaban J connectivity index is 0.000000540. The Morgan fingerprint density at radius 3 is 2.19 bits per heavy atom. The number of likely N-dealkylation sites (tertiary alicyclic amines) is 1. The number of carbonyl (C=O) groups is 2. The average Bonchev–Trinajstić information content (AvgIpc) is 3.75. The fourth-order valence-corrected chi connectivity index (χ4v) is 7.11. The molecular weight excluding hydrogens is 766 g/mol. The summed E-state index contributed by atoms with van der Waals surface area (Å²) >= 11 is 0. The summed E-state index contributed by atoms with van der Waals surface area (Å²) in [5, 5.41) is 16.3. The predicted molar refractivity (Wildman–Crippen MR) is 202 cm³/mol. The molecular formula is C39H41F3N8O6S. The summed E-state index contributed by atoms with van der Waals surface area (Å²) in [4.78, 5) is 43.0. The molecule has 300 valence electrons. The van der Waals surface area contributed by atoms with Gasteiger partial charge in [-0.15, -0.1) is 0 Å². The van der Waals surface area contributed by atoms with Gasteiger partial charge in [0.25, 0.3) is 11.5 Å². The molecule has 0 aliphatic carbocycles. The second-order valence-corrected chi connectivity index (χ2v) is 15.6. The van der Waals surface area contributed by atoms with Crippen LogP contribution < -0.4 is 10.9 Å². The minimum Gasteiger partial charge on any atom is -0.744 e. The summed E-state index contributed by atoms with van der Waals surface area (Å²) in [7, 11) is 3.17. The Morgan fingerprint density at radius 2 is 1.63 bits per heavy atom. The Morgan fingerprint density at radius 1 is 1.00 bits per heavy atom. The fourth-order valence-electron chi connectivity index (χ4n) is 6.62. The standard InChI is InChI=1S/C33H35F3N8O3.C6H6O3S/c1-21(31(46)40(2)24-14-17-44(4,5)18-15-24)39-30(45)28-29(27-13-16-38-42(27)25-11-9-22(20-37)10-12-25)41(3)43(32(28)47)26-8-6-7-23(19-26)33(34,35)36;7-10(8,9)6-4-2-1-3-5-6/h6-13,16,19,21,24H,14-15,17-18H2,1-5H3;1-5H,(H,7,8,9)/t21-;/m0./s1. The van der Waals surface area contributed by atoms with Gasteiger partial charge in [0.1, 0.15) is 27.4 Å². The van der Waals surface area contributed by atoms with Crippen molar-refractivity contribution >= 4 is 21.9 Å². The topological polar surface area (TPSA) is 175 Å². The minimum atomic E-state index is -4.67. The van der Waals surface area contributed by atoms with Crippen LogP contribution in [0, 0.1) is 11.3 Å². The van der Waals surface area contributed by atoms with Crippen molar-refractivity contribution in [3.8, 4) is 28.8 Å². The molecule has 1 aliphatic rings. The molecule has 18 heteroatoms. The zero-order chi connectivity index (χ0) is 41.9. The normalized spacial score (nSPS) is 14.8. The van der Waals surface area contributed by atoms with Gasteiger partial charge < -0.3 is 19.3 Å². The van der Waals surface area contributed by atoms with E-state index in [1.54, 1.807) is 48.3 Å². The Bertz CT molecular complexity index is 2460. The molecule has 1 saturated heterocycles.